The van der Waals surface area contributed by atoms with Gasteiger partial charge in [0, 0.05) is 12.1 Å². The molecule has 0 fully saturated rings. The molecule has 0 spiro atoms. The van der Waals surface area contributed by atoms with Gasteiger partial charge in [-0.05, 0) is 30.4 Å². The molecule has 2 heterocycles. The van der Waals surface area contributed by atoms with E-state index in [1.165, 1.54) is 11.1 Å². The summed E-state index contributed by atoms with van der Waals surface area (Å²) in [5.41, 5.74) is 3.42. The van der Waals surface area contributed by atoms with E-state index in [-0.39, 0.29) is 11.8 Å². The Bertz CT molecular complexity index is 493. The van der Waals surface area contributed by atoms with E-state index in [2.05, 4.69) is 17.4 Å². The Morgan fingerprint density at radius 1 is 1.28 bits per heavy atom. The summed E-state index contributed by atoms with van der Waals surface area (Å²) in [6.07, 6.45) is 4.22. The predicted octanol–water partition coefficient (Wildman–Crippen LogP) is 1.96. The van der Waals surface area contributed by atoms with Crippen molar-refractivity contribution in [3.05, 3.63) is 47.2 Å². The summed E-state index contributed by atoms with van der Waals surface area (Å²) < 4.78 is 5.25. The van der Waals surface area contributed by atoms with Crippen LogP contribution in [0.15, 0.2) is 36.1 Å². The lowest BCUT2D eigenvalue weighted by molar-refractivity contribution is -0.118. The molecule has 1 aromatic carbocycles. The number of ketones is 1. The molecule has 0 amide bonds. The van der Waals surface area contributed by atoms with Gasteiger partial charge < -0.3 is 10.1 Å². The molecule has 1 N–H and O–H groups in total. The molecule has 3 heteroatoms. The number of carbonyl (C=O) groups excluding carboxylic acids is 1. The van der Waals surface area contributed by atoms with Crippen molar-refractivity contribution >= 4 is 5.78 Å². The highest BCUT2D eigenvalue weighted by atomic mass is 16.5. The van der Waals surface area contributed by atoms with Crippen molar-refractivity contribution in [2.45, 2.75) is 31.8 Å². The van der Waals surface area contributed by atoms with E-state index < -0.39 is 0 Å². The monoisotopic (exact) mass is 243 g/mol. The van der Waals surface area contributed by atoms with E-state index >= 15 is 0 Å². The average molecular weight is 243 g/mol. The van der Waals surface area contributed by atoms with Crippen LogP contribution in [-0.4, -0.2) is 18.4 Å². The van der Waals surface area contributed by atoms with Crippen molar-refractivity contribution in [3.8, 4) is 0 Å². The molecule has 1 unspecified atom stereocenters. The molecule has 1 aromatic rings. The molecular weight excluding hydrogens is 226 g/mol. The van der Waals surface area contributed by atoms with Crippen LogP contribution in [-0.2, 0) is 22.5 Å². The quantitative estimate of drug-likeness (QED) is 0.863. The maximum absolute atomic E-state index is 12.4. The number of hydrogen-bond donors (Lipinski definition) is 1. The van der Waals surface area contributed by atoms with E-state index in [4.69, 9.17) is 4.74 Å². The van der Waals surface area contributed by atoms with Crippen LogP contribution in [0.5, 0.6) is 0 Å². The summed E-state index contributed by atoms with van der Waals surface area (Å²) in [4.78, 5) is 12.4. The van der Waals surface area contributed by atoms with Crippen molar-refractivity contribution in [2.24, 2.45) is 0 Å². The van der Waals surface area contributed by atoms with Crippen LogP contribution in [0.2, 0.25) is 0 Å². The van der Waals surface area contributed by atoms with Gasteiger partial charge in [-0.1, -0.05) is 24.3 Å². The molecule has 0 bridgehead atoms. The minimum absolute atomic E-state index is 0.0900. The molecule has 0 saturated carbocycles. The Balaban J connectivity index is 1.75. The van der Waals surface area contributed by atoms with Gasteiger partial charge in [0.2, 0.25) is 0 Å². The first kappa shape index (κ1) is 11.5. The molecule has 3 nitrogen and oxygen atoms in total. The molecule has 2 aliphatic rings. The Morgan fingerprint density at radius 2 is 2.11 bits per heavy atom. The second-order valence-electron chi connectivity index (χ2n) is 4.89. The summed E-state index contributed by atoms with van der Waals surface area (Å²) in [6.45, 7) is 1.51. The summed E-state index contributed by atoms with van der Waals surface area (Å²) in [7, 11) is 0. The Hall–Kier alpha value is -1.61. The first-order chi connectivity index (χ1) is 8.84. The van der Waals surface area contributed by atoms with Gasteiger partial charge in [0.25, 0.3) is 0 Å². The number of ether oxygens (including phenoxy) is 1. The Morgan fingerprint density at radius 3 is 2.89 bits per heavy atom. The zero-order valence-electron chi connectivity index (χ0n) is 10.3. The minimum Gasteiger partial charge on any atom is -0.501 e. The summed E-state index contributed by atoms with van der Waals surface area (Å²) in [6, 6.07) is 8.22. The topological polar surface area (TPSA) is 38.3 Å². The van der Waals surface area contributed by atoms with Crippen molar-refractivity contribution < 1.29 is 9.53 Å². The van der Waals surface area contributed by atoms with Gasteiger partial charge in [0.05, 0.1) is 18.9 Å². The van der Waals surface area contributed by atoms with E-state index in [9.17, 15) is 4.79 Å². The molecule has 2 aliphatic heterocycles. The number of hydrogen-bond acceptors (Lipinski definition) is 3. The summed E-state index contributed by atoms with van der Waals surface area (Å²) in [5, 5.41) is 3.33. The standard InChI is InChI=1S/C15H17NO2/c17-15(13-6-3-7-18-10-13)14-8-11-4-1-2-5-12(11)9-16-14/h1-2,4-5,10,14,16H,3,6-9H2. The van der Waals surface area contributed by atoms with Gasteiger partial charge >= 0.3 is 0 Å². The molecule has 1 atom stereocenters. The van der Waals surface area contributed by atoms with Crippen LogP contribution in [0.1, 0.15) is 24.0 Å². The first-order valence-electron chi connectivity index (χ1n) is 6.49. The van der Waals surface area contributed by atoms with Crippen molar-refractivity contribution in [1.82, 2.24) is 5.32 Å². The fraction of sp³-hybridized carbons (Fsp3) is 0.400. The Kier molecular flexibility index (Phi) is 3.15. The van der Waals surface area contributed by atoms with E-state index in [1.54, 1.807) is 6.26 Å². The van der Waals surface area contributed by atoms with Crippen LogP contribution in [0.4, 0.5) is 0 Å². The third-order valence-electron chi connectivity index (χ3n) is 3.65. The average Bonchev–Trinajstić information content (AvgIpc) is 2.47. The molecule has 0 radical (unpaired) electrons. The van der Waals surface area contributed by atoms with Crippen molar-refractivity contribution in [1.29, 1.82) is 0 Å². The number of fused-ring (bicyclic) bond motifs is 1. The van der Waals surface area contributed by atoms with Crippen LogP contribution >= 0.6 is 0 Å². The van der Waals surface area contributed by atoms with Gasteiger partial charge in [-0.25, -0.2) is 0 Å². The minimum atomic E-state index is -0.0900. The number of benzene rings is 1. The van der Waals surface area contributed by atoms with E-state index in [1.807, 2.05) is 12.1 Å². The second-order valence-corrected chi connectivity index (χ2v) is 4.89. The van der Waals surface area contributed by atoms with Crippen molar-refractivity contribution in [3.63, 3.8) is 0 Å². The SMILES string of the molecule is O=C(C1=COCCC1)C1Cc2ccccc2CN1. The van der Waals surface area contributed by atoms with E-state index in [0.717, 1.165) is 38.0 Å². The maximum Gasteiger partial charge on any atom is 0.179 e. The highest BCUT2D eigenvalue weighted by molar-refractivity contribution is 5.99. The molecule has 3 rings (SSSR count). The number of Topliss-reactive ketones (excluding diaryl/α,β-unsaturated/α-hetero) is 1. The van der Waals surface area contributed by atoms with Crippen LogP contribution in [0.3, 0.4) is 0 Å². The normalized spacial score (nSPS) is 22.7. The molecule has 0 aliphatic carbocycles. The molecule has 0 saturated heterocycles. The first-order valence-corrected chi connectivity index (χ1v) is 6.49. The predicted molar refractivity (Wildman–Crippen MR) is 69.0 cm³/mol. The number of carbonyl (C=O) groups is 1. The summed E-state index contributed by atoms with van der Waals surface area (Å²) in [5.74, 6) is 0.198. The zero-order chi connectivity index (χ0) is 12.4. The lowest BCUT2D eigenvalue weighted by Crippen LogP contribution is -2.42. The van der Waals surface area contributed by atoms with Gasteiger partial charge in [-0.3, -0.25) is 4.79 Å². The molecular formula is C15H17NO2. The molecule has 94 valence electrons. The van der Waals surface area contributed by atoms with Crippen LogP contribution in [0, 0.1) is 0 Å². The van der Waals surface area contributed by atoms with Crippen molar-refractivity contribution in [2.75, 3.05) is 6.61 Å². The molecule has 0 aromatic heterocycles. The van der Waals surface area contributed by atoms with E-state index in [0.29, 0.717) is 0 Å². The fourth-order valence-electron chi connectivity index (χ4n) is 2.61. The summed E-state index contributed by atoms with van der Waals surface area (Å²) >= 11 is 0. The van der Waals surface area contributed by atoms with Gasteiger partial charge in [0.15, 0.2) is 5.78 Å². The zero-order valence-corrected chi connectivity index (χ0v) is 10.3. The van der Waals surface area contributed by atoms with Gasteiger partial charge in [-0.15, -0.1) is 0 Å². The Labute approximate surface area is 107 Å². The third kappa shape index (κ3) is 2.18. The third-order valence-corrected chi connectivity index (χ3v) is 3.65. The van der Waals surface area contributed by atoms with Gasteiger partial charge in [-0.2, -0.15) is 0 Å². The smallest absolute Gasteiger partial charge is 0.179 e. The lowest BCUT2D eigenvalue weighted by atomic mass is 9.90. The van der Waals surface area contributed by atoms with Crippen LogP contribution < -0.4 is 5.32 Å². The van der Waals surface area contributed by atoms with Crippen LogP contribution in [0.25, 0.3) is 0 Å². The highest BCUT2D eigenvalue weighted by Crippen LogP contribution is 2.21. The number of nitrogens with one attached hydrogen (secondary N) is 1. The maximum atomic E-state index is 12.4. The largest absolute Gasteiger partial charge is 0.501 e. The van der Waals surface area contributed by atoms with Gasteiger partial charge in [0.1, 0.15) is 0 Å². The molecule has 18 heavy (non-hydrogen) atoms. The second kappa shape index (κ2) is 4.94. The fourth-order valence-corrected chi connectivity index (χ4v) is 2.61. The lowest BCUT2D eigenvalue weighted by Gasteiger charge is -2.26. The number of rotatable bonds is 2. The highest BCUT2D eigenvalue weighted by Gasteiger charge is 2.26.